The van der Waals surface area contributed by atoms with Crippen molar-refractivity contribution >= 4 is 29.5 Å². The van der Waals surface area contributed by atoms with Crippen molar-refractivity contribution in [2.75, 3.05) is 25.3 Å². The summed E-state index contributed by atoms with van der Waals surface area (Å²) in [5.41, 5.74) is 6.97. The number of nitrogens with two attached hydrogens (primary N) is 1. The van der Waals surface area contributed by atoms with Gasteiger partial charge in [-0.3, -0.25) is 0 Å². The van der Waals surface area contributed by atoms with Gasteiger partial charge in [0.1, 0.15) is 5.75 Å². The molecule has 0 saturated heterocycles. The first-order chi connectivity index (χ1) is 14.5. The van der Waals surface area contributed by atoms with Crippen molar-refractivity contribution in [1.82, 2.24) is 15.0 Å². The largest absolute Gasteiger partial charge is 0.495 e. The van der Waals surface area contributed by atoms with Crippen LogP contribution in [0.5, 0.6) is 5.75 Å². The molecule has 0 spiro atoms. The Morgan fingerprint density at radius 3 is 2.27 bits per heavy atom. The van der Waals surface area contributed by atoms with E-state index in [0.29, 0.717) is 17.0 Å². The Balaban J connectivity index is 1.68. The van der Waals surface area contributed by atoms with Crippen LogP contribution in [0.4, 0.5) is 17.6 Å². The van der Waals surface area contributed by atoms with E-state index >= 15 is 0 Å². The van der Waals surface area contributed by atoms with Gasteiger partial charge in [-0.1, -0.05) is 12.1 Å². The zero-order valence-electron chi connectivity index (χ0n) is 16.3. The van der Waals surface area contributed by atoms with Gasteiger partial charge in [-0.2, -0.15) is 15.0 Å². The molecule has 0 atom stereocenters. The molecule has 10 nitrogen and oxygen atoms in total. The van der Waals surface area contributed by atoms with E-state index in [1.807, 2.05) is 12.1 Å². The van der Waals surface area contributed by atoms with Gasteiger partial charge < -0.3 is 25.3 Å². The van der Waals surface area contributed by atoms with Gasteiger partial charge in [0, 0.05) is 0 Å². The van der Waals surface area contributed by atoms with Crippen molar-refractivity contribution in [2.45, 2.75) is 6.61 Å². The fourth-order valence-electron chi connectivity index (χ4n) is 2.50. The Hall–Kier alpha value is -4.21. The fraction of sp³-hybridized carbons (Fsp3) is 0.150. The predicted octanol–water partition coefficient (Wildman–Crippen LogP) is 2.35. The van der Waals surface area contributed by atoms with Crippen LogP contribution < -0.4 is 15.8 Å². The number of esters is 2. The van der Waals surface area contributed by atoms with E-state index in [-0.39, 0.29) is 29.9 Å². The minimum atomic E-state index is -0.607. The Bertz CT molecular complexity index is 1060. The summed E-state index contributed by atoms with van der Waals surface area (Å²) in [7, 11) is 2.83. The highest BCUT2D eigenvalue weighted by Crippen LogP contribution is 2.25. The summed E-state index contributed by atoms with van der Waals surface area (Å²) in [5.74, 6) is -0.189. The molecule has 154 valence electrons. The summed E-state index contributed by atoms with van der Waals surface area (Å²) in [6.07, 6.45) is 0. The van der Waals surface area contributed by atoms with Gasteiger partial charge in [0.05, 0.1) is 31.0 Å². The van der Waals surface area contributed by atoms with Gasteiger partial charge in [0.15, 0.2) is 12.4 Å². The van der Waals surface area contributed by atoms with Gasteiger partial charge in [-0.15, -0.1) is 0 Å². The first-order valence-corrected chi connectivity index (χ1v) is 8.76. The lowest BCUT2D eigenvalue weighted by molar-refractivity contribution is 0.0461. The van der Waals surface area contributed by atoms with Crippen LogP contribution >= 0.6 is 0 Å². The number of carbonyl (C=O) groups is 2. The van der Waals surface area contributed by atoms with Gasteiger partial charge in [-0.25, -0.2) is 9.59 Å². The van der Waals surface area contributed by atoms with Gasteiger partial charge in [0.25, 0.3) is 0 Å². The van der Waals surface area contributed by atoms with Crippen molar-refractivity contribution < 1.29 is 23.8 Å². The Morgan fingerprint density at radius 1 is 0.933 bits per heavy atom. The van der Waals surface area contributed by atoms with Crippen LogP contribution in [0.3, 0.4) is 0 Å². The summed E-state index contributed by atoms with van der Waals surface area (Å²) in [5, 5.41) is 2.99. The maximum absolute atomic E-state index is 12.2. The van der Waals surface area contributed by atoms with Crippen LogP contribution in [0.15, 0.2) is 48.5 Å². The first kappa shape index (κ1) is 20.5. The van der Waals surface area contributed by atoms with E-state index in [9.17, 15) is 9.59 Å². The highest BCUT2D eigenvalue weighted by atomic mass is 16.5. The molecule has 1 aromatic heterocycles. The Labute approximate surface area is 172 Å². The molecule has 0 amide bonds. The number of nitrogens with zero attached hydrogens (tertiary/aromatic N) is 3. The number of benzene rings is 2. The van der Waals surface area contributed by atoms with Crippen LogP contribution in [-0.2, 0) is 16.1 Å². The van der Waals surface area contributed by atoms with Crippen LogP contribution in [0.25, 0.3) is 0 Å². The number of aromatic nitrogens is 3. The van der Waals surface area contributed by atoms with Crippen LogP contribution in [-0.4, -0.2) is 41.1 Å². The van der Waals surface area contributed by atoms with Crippen LogP contribution in [0.2, 0.25) is 0 Å². The third-order valence-electron chi connectivity index (χ3n) is 3.93. The molecule has 0 saturated carbocycles. The van der Waals surface area contributed by atoms with Crippen LogP contribution in [0, 0.1) is 0 Å². The van der Waals surface area contributed by atoms with Crippen molar-refractivity contribution in [3.05, 3.63) is 65.5 Å². The highest BCUT2D eigenvalue weighted by Gasteiger charge is 2.13. The highest BCUT2D eigenvalue weighted by molar-refractivity contribution is 5.93. The smallest absolute Gasteiger partial charge is 0.338 e. The van der Waals surface area contributed by atoms with Crippen molar-refractivity contribution in [2.24, 2.45) is 0 Å². The van der Waals surface area contributed by atoms with Gasteiger partial charge >= 0.3 is 11.9 Å². The zero-order valence-corrected chi connectivity index (χ0v) is 16.3. The number of anilines is 3. The molecule has 1 heterocycles. The first-order valence-electron chi connectivity index (χ1n) is 8.76. The molecule has 0 aliphatic heterocycles. The number of hydrogen-bond acceptors (Lipinski definition) is 10. The van der Waals surface area contributed by atoms with Crippen LogP contribution in [0.1, 0.15) is 26.5 Å². The molecule has 0 unspecified atom stereocenters. The SMILES string of the molecule is COC(=O)c1ccc(C(=O)OCc2nc(N)nc(Nc3ccccc3OC)n2)cc1. The second kappa shape index (κ2) is 9.32. The van der Waals surface area contributed by atoms with E-state index in [2.05, 4.69) is 25.0 Å². The average molecular weight is 409 g/mol. The van der Waals surface area contributed by atoms with E-state index in [1.54, 1.807) is 19.2 Å². The number of para-hydroxylation sites is 2. The molecule has 0 aliphatic rings. The van der Waals surface area contributed by atoms with E-state index in [0.717, 1.165) is 0 Å². The second-order valence-corrected chi connectivity index (χ2v) is 5.90. The summed E-state index contributed by atoms with van der Waals surface area (Å²) < 4.78 is 15.1. The van der Waals surface area contributed by atoms with E-state index in [1.165, 1.54) is 31.4 Å². The maximum Gasteiger partial charge on any atom is 0.338 e. The molecule has 3 N–H and O–H groups in total. The lowest BCUT2D eigenvalue weighted by Crippen LogP contribution is -2.11. The molecule has 2 aromatic carbocycles. The third kappa shape index (κ3) is 4.98. The number of nitrogen functional groups attached to an aromatic ring is 1. The molecule has 10 heteroatoms. The number of ether oxygens (including phenoxy) is 3. The van der Waals surface area contributed by atoms with Crippen molar-refractivity contribution in [3.63, 3.8) is 0 Å². The van der Waals surface area contributed by atoms with Crippen molar-refractivity contribution in [1.29, 1.82) is 0 Å². The third-order valence-corrected chi connectivity index (χ3v) is 3.93. The fourth-order valence-corrected chi connectivity index (χ4v) is 2.50. The molecular weight excluding hydrogens is 390 g/mol. The lowest BCUT2D eigenvalue weighted by atomic mass is 10.1. The minimum Gasteiger partial charge on any atom is -0.495 e. The molecule has 0 fully saturated rings. The normalized spacial score (nSPS) is 10.2. The second-order valence-electron chi connectivity index (χ2n) is 5.90. The number of carbonyl (C=O) groups excluding carboxylic acids is 2. The maximum atomic E-state index is 12.2. The molecule has 3 aromatic rings. The monoisotopic (exact) mass is 409 g/mol. The molecule has 0 bridgehead atoms. The number of nitrogens with one attached hydrogen (secondary N) is 1. The number of methoxy groups -OCH3 is 2. The quantitative estimate of drug-likeness (QED) is 0.559. The predicted molar refractivity (Wildman–Crippen MR) is 107 cm³/mol. The minimum absolute atomic E-state index is 0.0316. The summed E-state index contributed by atoms with van der Waals surface area (Å²) in [6.45, 7) is -0.217. The Morgan fingerprint density at radius 2 is 1.60 bits per heavy atom. The molecule has 30 heavy (non-hydrogen) atoms. The van der Waals surface area contributed by atoms with Gasteiger partial charge in [-0.05, 0) is 36.4 Å². The molecule has 0 aliphatic carbocycles. The summed E-state index contributed by atoms with van der Waals surface area (Å²) >= 11 is 0. The Kier molecular flexibility index (Phi) is 6.38. The summed E-state index contributed by atoms with van der Waals surface area (Å²) in [6, 6.07) is 13.1. The van der Waals surface area contributed by atoms with Gasteiger partial charge in [0.2, 0.25) is 11.9 Å². The average Bonchev–Trinajstić information content (AvgIpc) is 2.77. The molecular formula is C20H19N5O5. The zero-order chi connectivity index (χ0) is 21.5. The number of rotatable bonds is 7. The van der Waals surface area contributed by atoms with Crippen molar-refractivity contribution in [3.8, 4) is 5.75 Å². The lowest BCUT2D eigenvalue weighted by Gasteiger charge is -2.11. The summed E-state index contributed by atoms with van der Waals surface area (Å²) in [4.78, 5) is 35.9. The standard InChI is InChI=1S/C20H19N5O5/c1-28-15-6-4-3-5-14(15)22-20-24-16(23-19(21)25-20)11-30-18(27)13-9-7-12(8-10-13)17(26)29-2/h3-10H,11H2,1-2H3,(H3,21,22,23,24,25). The van der Waals surface area contributed by atoms with E-state index in [4.69, 9.17) is 15.2 Å². The molecule has 3 rings (SSSR count). The topological polar surface area (TPSA) is 139 Å². The number of hydrogen-bond donors (Lipinski definition) is 2. The molecule has 0 radical (unpaired) electrons. The van der Waals surface area contributed by atoms with E-state index < -0.39 is 11.9 Å².